The van der Waals surface area contributed by atoms with Gasteiger partial charge in [0.05, 0.1) is 6.61 Å². The van der Waals surface area contributed by atoms with Crippen molar-refractivity contribution in [3.8, 4) is 17.1 Å². The van der Waals surface area contributed by atoms with E-state index in [0.717, 1.165) is 46.9 Å². The van der Waals surface area contributed by atoms with Gasteiger partial charge < -0.3 is 14.1 Å². The topological polar surface area (TPSA) is 38.5 Å². The number of ether oxygens (including phenoxy) is 1. The van der Waals surface area contributed by atoms with Gasteiger partial charge in [0.15, 0.2) is 0 Å². The first kappa shape index (κ1) is 17.4. The van der Waals surface area contributed by atoms with E-state index in [1.807, 2.05) is 61.6 Å². The van der Waals surface area contributed by atoms with E-state index in [1.165, 1.54) is 19.2 Å². The molecule has 3 aromatic rings. The van der Waals surface area contributed by atoms with Gasteiger partial charge in [0.1, 0.15) is 30.8 Å². The predicted octanol–water partition coefficient (Wildman–Crippen LogP) is 4.16. The molecule has 1 aromatic carbocycles. The van der Waals surface area contributed by atoms with E-state index in [4.69, 9.17) is 9.15 Å². The second-order valence-corrected chi connectivity index (χ2v) is 6.52. The van der Waals surface area contributed by atoms with Crippen molar-refractivity contribution in [2.45, 2.75) is 25.6 Å². The number of benzene rings is 1. The summed E-state index contributed by atoms with van der Waals surface area (Å²) in [4.78, 5) is 6.43. The van der Waals surface area contributed by atoms with Crippen molar-refractivity contribution in [3.05, 3.63) is 42.6 Å². The van der Waals surface area contributed by atoms with Gasteiger partial charge in [0.25, 0.3) is 0 Å². The van der Waals surface area contributed by atoms with E-state index in [-0.39, 0.29) is 0 Å². The first-order valence-corrected chi connectivity index (χ1v) is 8.97. The molecule has 0 aliphatic rings. The second kappa shape index (κ2) is 8.10. The molecule has 0 fully saturated rings. The lowest BCUT2D eigenvalue weighted by molar-refractivity contribution is 0.306. The summed E-state index contributed by atoms with van der Waals surface area (Å²) >= 11 is 0. The van der Waals surface area contributed by atoms with E-state index in [2.05, 4.69) is 12.8 Å². The Labute approximate surface area is 150 Å². The molecule has 0 aliphatic carbocycles. The Morgan fingerprint density at radius 1 is 1.08 bits per heavy atom. The Hall–Kier alpha value is -2.43. The lowest BCUT2D eigenvalue weighted by Gasteiger charge is -2.10. The number of fused-ring (bicyclic) bond motifs is 1. The third-order valence-electron chi connectivity index (χ3n) is 4.24. The van der Waals surface area contributed by atoms with Crippen LogP contribution < -0.4 is 9.64 Å². The number of aromatic nitrogens is 1. The number of pyridine rings is 1. The summed E-state index contributed by atoms with van der Waals surface area (Å²) in [6, 6.07) is 12.1. The molecule has 0 aliphatic heterocycles. The number of furan rings is 1. The molecule has 4 nitrogen and oxygen atoms in total. The minimum Gasteiger partial charge on any atom is -0.494 e. The predicted molar refractivity (Wildman–Crippen MR) is 106 cm³/mol. The number of rotatable bonds is 8. The van der Waals surface area contributed by atoms with Gasteiger partial charge in [0.2, 0.25) is 0 Å². The monoisotopic (exact) mass is 336 g/mol. The third-order valence-corrected chi connectivity index (χ3v) is 4.24. The van der Waals surface area contributed by atoms with Crippen molar-refractivity contribution in [1.29, 1.82) is 0 Å². The highest BCUT2D eigenvalue weighted by Gasteiger charge is 2.08. The van der Waals surface area contributed by atoms with Gasteiger partial charge in [-0.15, -0.1) is 0 Å². The molecule has 0 saturated heterocycles. The Morgan fingerprint density at radius 3 is 2.68 bits per heavy atom. The van der Waals surface area contributed by atoms with Crippen molar-refractivity contribution in [3.63, 3.8) is 0 Å². The number of nitrogens with zero attached hydrogens (tertiary/aromatic N) is 2. The van der Waals surface area contributed by atoms with Gasteiger partial charge in [-0.25, -0.2) is 4.98 Å². The summed E-state index contributed by atoms with van der Waals surface area (Å²) < 4.78 is 11.8. The zero-order valence-electron chi connectivity index (χ0n) is 15.3. The zero-order valence-corrected chi connectivity index (χ0v) is 15.3. The van der Waals surface area contributed by atoms with Gasteiger partial charge in [-0.05, 0) is 42.8 Å². The maximum absolute atomic E-state index is 5.96. The van der Waals surface area contributed by atoms with Gasteiger partial charge in [-0.3, -0.25) is 0 Å². The largest absolute Gasteiger partial charge is 0.494 e. The Bertz CT molecular complexity index is 812. The van der Waals surface area contributed by atoms with Crippen molar-refractivity contribution >= 4 is 24.6 Å². The molecule has 0 atom stereocenters. The van der Waals surface area contributed by atoms with Crippen molar-refractivity contribution in [2.24, 2.45) is 0 Å². The summed E-state index contributed by atoms with van der Waals surface area (Å²) in [5, 5.41) is 1.05. The molecule has 25 heavy (non-hydrogen) atoms. The highest BCUT2D eigenvalue weighted by Crippen LogP contribution is 2.30. The molecule has 0 spiro atoms. The van der Waals surface area contributed by atoms with Crippen LogP contribution in [0.25, 0.3) is 22.3 Å². The zero-order chi connectivity index (χ0) is 17.6. The van der Waals surface area contributed by atoms with Gasteiger partial charge in [-0.1, -0.05) is 19.2 Å². The second-order valence-electron chi connectivity index (χ2n) is 6.52. The molecule has 2 heterocycles. The molecule has 0 amide bonds. The number of anilines is 1. The molecule has 0 saturated carbocycles. The van der Waals surface area contributed by atoms with Gasteiger partial charge in [0, 0.05) is 31.2 Å². The van der Waals surface area contributed by atoms with E-state index in [0.29, 0.717) is 0 Å². The van der Waals surface area contributed by atoms with Crippen molar-refractivity contribution < 1.29 is 9.15 Å². The van der Waals surface area contributed by atoms with Gasteiger partial charge >= 0.3 is 0 Å². The number of hydrogen-bond donors (Lipinski definition) is 0. The Morgan fingerprint density at radius 2 is 1.96 bits per heavy atom. The SMILES string of the molecule is BCCCCCOc1ccc2oc(-c3ccc(N(C)C)nc3)cc2c1. The maximum Gasteiger partial charge on any atom is 0.136 e. The third kappa shape index (κ3) is 4.35. The standard InChI is InChI=1S/C20H25BN2O2/c1-23(2)20-9-6-15(14-22-20)19-13-16-12-17(7-8-18(16)25-19)24-11-5-3-4-10-21/h6-9,12-14H,3-5,10-11,21H2,1-2H3. The molecule has 130 valence electrons. The molecule has 0 N–H and O–H groups in total. The molecule has 0 radical (unpaired) electrons. The lowest BCUT2D eigenvalue weighted by Crippen LogP contribution is -2.09. The minimum absolute atomic E-state index is 0.770. The average molecular weight is 336 g/mol. The maximum atomic E-state index is 5.96. The van der Waals surface area contributed by atoms with Crippen LogP contribution in [-0.4, -0.2) is 33.5 Å². The molecule has 0 unspecified atom stereocenters. The quantitative estimate of drug-likeness (QED) is 0.457. The van der Waals surface area contributed by atoms with Crippen LogP contribution in [0.3, 0.4) is 0 Å². The highest BCUT2D eigenvalue weighted by molar-refractivity contribution is 6.08. The van der Waals surface area contributed by atoms with Gasteiger partial charge in [-0.2, -0.15) is 0 Å². The van der Waals surface area contributed by atoms with Crippen LogP contribution in [0, 0.1) is 0 Å². The fourth-order valence-corrected chi connectivity index (χ4v) is 2.77. The van der Waals surface area contributed by atoms with Crippen LogP contribution in [-0.2, 0) is 0 Å². The molecule has 3 rings (SSSR count). The van der Waals surface area contributed by atoms with E-state index in [1.54, 1.807) is 0 Å². The average Bonchev–Trinajstić information content (AvgIpc) is 3.05. The number of hydrogen-bond acceptors (Lipinski definition) is 4. The van der Waals surface area contributed by atoms with Crippen molar-refractivity contribution in [1.82, 2.24) is 4.98 Å². The van der Waals surface area contributed by atoms with Crippen LogP contribution in [0.4, 0.5) is 5.82 Å². The number of unbranched alkanes of at least 4 members (excludes halogenated alkanes) is 2. The summed E-state index contributed by atoms with van der Waals surface area (Å²) in [6.45, 7) is 0.770. The van der Waals surface area contributed by atoms with Crippen LogP contribution in [0.1, 0.15) is 19.3 Å². The summed E-state index contributed by atoms with van der Waals surface area (Å²) in [5.74, 6) is 2.66. The first-order valence-electron chi connectivity index (χ1n) is 8.97. The highest BCUT2D eigenvalue weighted by atomic mass is 16.5. The fourth-order valence-electron chi connectivity index (χ4n) is 2.77. The summed E-state index contributed by atoms with van der Waals surface area (Å²) in [5.41, 5.74) is 1.84. The van der Waals surface area contributed by atoms with Crippen LogP contribution >= 0.6 is 0 Å². The van der Waals surface area contributed by atoms with E-state index >= 15 is 0 Å². The Kier molecular flexibility index (Phi) is 5.64. The molecule has 5 heteroatoms. The smallest absolute Gasteiger partial charge is 0.136 e. The fraction of sp³-hybridized carbons (Fsp3) is 0.350. The van der Waals surface area contributed by atoms with Crippen LogP contribution in [0.2, 0.25) is 6.32 Å². The molecular formula is C20H25BN2O2. The Balaban J connectivity index is 1.71. The van der Waals surface area contributed by atoms with Crippen LogP contribution in [0.5, 0.6) is 5.75 Å². The van der Waals surface area contributed by atoms with E-state index < -0.39 is 0 Å². The molecule has 0 bridgehead atoms. The summed E-state index contributed by atoms with van der Waals surface area (Å²) in [7, 11) is 6.18. The van der Waals surface area contributed by atoms with E-state index in [9.17, 15) is 0 Å². The van der Waals surface area contributed by atoms with Crippen LogP contribution in [0.15, 0.2) is 47.0 Å². The first-order chi connectivity index (χ1) is 12.2. The van der Waals surface area contributed by atoms with Crippen molar-refractivity contribution in [2.75, 3.05) is 25.6 Å². The summed E-state index contributed by atoms with van der Waals surface area (Å²) in [6.07, 6.45) is 6.69. The minimum atomic E-state index is 0.770. The lowest BCUT2D eigenvalue weighted by atomic mass is 10.00. The normalized spacial score (nSPS) is 11.0. The molecule has 2 aromatic heterocycles. The molecular weight excluding hydrogens is 311 g/mol.